The van der Waals surface area contributed by atoms with E-state index in [1.807, 2.05) is 0 Å². The number of hydrogen-bond donors (Lipinski definition) is 1. The molecule has 1 aliphatic rings. The van der Waals surface area contributed by atoms with Gasteiger partial charge in [-0.15, -0.1) is 15.3 Å². The maximum Gasteiger partial charge on any atom is 0.244 e. The lowest BCUT2D eigenvalue weighted by molar-refractivity contribution is -0.133. The third-order valence-electron chi connectivity index (χ3n) is 3.63. The summed E-state index contributed by atoms with van der Waals surface area (Å²) in [5, 5.41) is 18.7. The maximum absolute atomic E-state index is 12.4. The largest absolute Gasteiger partial charge is 0.374 e. The van der Waals surface area contributed by atoms with Crippen molar-refractivity contribution in [2.45, 2.75) is 17.3 Å². The number of thioether (sulfide) groups is 1. The van der Waals surface area contributed by atoms with Crippen LogP contribution in [0.25, 0.3) is 0 Å². The van der Waals surface area contributed by atoms with Crippen LogP contribution in [0.4, 0.5) is 5.13 Å². The van der Waals surface area contributed by atoms with Crippen LogP contribution in [-0.2, 0) is 16.1 Å². The van der Waals surface area contributed by atoms with Crippen LogP contribution in [0.1, 0.15) is 6.42 Å². The van der Waals surface area contributed by atoms with E-state index in [4.69, 9.17) is 5.73 Å². The van der Waals surface area contributed by atoms with Crippen molar-refractivity contribution in [3.63, 3.8) is 0 Å². The number of amides is 2. The van der Waals surface area contributed by atoms with Crippen molar-refractivity contribution >= 4 is 40.0 Å². The molecule has 0 atom stereocenters. The second kappa shape index (κ2) is 8.20. The van der Waals surface area contributed by atoms with Crippen molar-refractivity contribution in [3.8, 4) is 0 Å². The molecule has 2 amide bonds. The lowest BCUT2D eigenvalue weighted by Gasteiger charge is -2.22. The number of rotatable bonds is 5. The SMILES string of the molecule is Nc1nnc(SCC(=O)N2CCCN(C(=O)Cn3cnnn3)CC2)s1. The first-order chi connectivity index (χ1) is 12.1. The monoisotopic (exact) mass is 383 g/mol. The van der Waals surface area contributed by atoms with E-state index in [0.29, 0.717) is 35.7 Å². The van der Waals surface area contributed by atoms with E-state index >= 15 is 0 Å². The van der Waals surface area contributed by atoms with Gasteiger partial charge in [-0.05, 0) is 16.8 Å². The summed E-state index contributed by atoms with van der Waals surface area (Å²) in [6.07, 6.45) is 2.15. The number of carbonyl (C=O) groups excluding carboxylic acids is 2. The van der Waals surface area contributed by atoms with Crippen LogP contribution in [0.2, 0.25) is 0 Å². The van der Waals surface area contributed by atoms with Crippen molar-refractivity contribution in [1.82, 2.24) is 40.2 Å². The van der Waals surface area contributed by atoms with Gasteiger partial charge in [-0.1, -0.05) is 23.1 Å². The number of nitrogens with zero attached hydrogens (tertiary/aromatic N) is 8. The molecule has 0 spiro atoms. The Bertz CT molecular complexity index is 720. The van der Waals surface area contributed by atoms with Crippen LogP contribution < -0.4 is 5.73 Å². The minimum atomic E-state index is -0.0553. The summed E-state index contributed by atoms with van der Waals surface area (Å²) in [4.78, 5) is 28.2. The Labute approximate surface area is 151 Å². The minimum absolute atomic E-state index is 0.0218. The van der Waals surface area contributed by atoms with Gasteiger partial charge in [0.05, 0.1) is 5.75 Å². The molecule has 0 unspecified atom stereocenters. The van der Waals surface area contributed by atoms with Crippen LogP contribution in [0.5, 0.6) is 0 Å². The highest BCUT2D eigenvalue weighted by Gasteiger charge is 2.22. The second-order valence-corrected chi connectivity index (χ2v) is 7.55. The Hall–Kier alpha value is -2.28. The molecule has 0 saturated carbocycles. The molecule has 2 aromatic heterocycles. The topological polar surface area (TPSA) is 136 Å². The van der Waals surface area contributed by atoms with Gasteiger partial charge >= 0.3 is 0 Å². The number of carbonyl (C=O) groups is 2. The summed E-state index contributed by atoms with van der Waals surface area (Å²) in [7, 11) is 0. The van der Waals surface area contributed by atoms with Crippen molar-refractivity contribution in [1.29, 1.82) is 0 Å². The van der Waals surface area contributed by atoms with Gasteiger partial charge in [0.25, 0.3) is 0 Å². The van der Waals surface area contributed by atoms with E-state index in [1.165, 1.54) is 34.1 Å². The van der Waals surface area contributed by atoms with E-state index in [-0.39, 0.29) is 24.1 Å². The molecule has 3 heterocycles. The molecule has 0 aromatic carbocycles. The molecule has 1 saturated heterocycles. The van der Waals surface area contributed by atoms with Gasteiger partial charge in [-0.3, -0.25) is 9.59 Å². The fourth-order valence-corrected chi connectivity index (χ4v) is 3.94. The Morgan fingerprint density at radius 2 is 1.92 bits per heavy atom. The Morgan fingerprint density at radius 1 is 1.16 bits per heavy atom. The Kier molecular flexibility index (Phi) is 5.75. The van der Waals surface area contributed by atoms with E-state index in [1.54, 1.807) is 9.80 Å². The molecule has 25 heavy (non-hydrogen) atoms. The molecular weight excluding hydrogens is 366 g/mol. The number of hydrogen-bond acceptors (Lipinski definition) is 10. The predicted molar refractivity (Wildman–Crippen MR) is 90.6 cm³/mol. The van der Waals surface area contributed by atoms with E-state index in [2.05, 4.69) is 25.7 Å². The summed E-state index contributed by atoms with van der Waals surface area (Å²) in [5.41, 5.74) is 5.53. The highest BCUT2D eigenvalue weighted by molar-refractivity contribution is 8.01. The zero-order valence-corrected chi connectivity index (χ0v) is 14.9. The van der Waals surface area contributed by atoms with Crippen LogP contribution in [0.15, 0.2) is 10.7 Å². The van der Waals surface area contributed by atoms with Gasteiger partial charge in [-0.2, -0.15) is 0 Å². The van der Waals surface area contributed by atoms with Crippen LogP contribution in [-0.4, -0.2) is 84.0 Å². The first-order valence-corrected chi connectivity index (χ1v) is 9.40. The first-order valence-electron chi connectivity index (χ1n) is 7.60. The quantitative estimate of drug-likeness (QED) is 0.642. The molecule has 2 N–H and O–H groups in total. The molecule has 1 aliphatic heterocycles. The van der Waals surface area contributed by atoms with Crippen molar-refractivity contribution in [2.75, 3.05) is 37.7 Å². The van der Waals surface area contributed by atoms with Gasteiger partial charge in [-0.25, -0.2) is 4.68 Å². The van der Waals surface area contributed by atoms with E-state index in [9.17, 15) is 9.59 Å². The minimum Gasteiger partial charge on any atom is -0.374 e. The van der Waals surface area contributed by atoms with Gasteiger partial charge < -0.3 is 15.5 Å². The zero-order chi connectivity index (χ0) is 17.6. The third kappa shape index (κ3) is 4.85. The van der Waals surface area contributed by atoms with Gasteiger partial charge in [0.2, 0.25) is 16.9 Å². The zero-order valence-electron chi connectivity index (χ0n) is 13.3. The highest BCUT2D eigenvalue weighted by atomic mass is 32.2. The summed E-state index contributed by atoms with van der Waals surface area (Å²) in [6, 6.07) is 0. The highest BCUT2D eigenvalue weighted by Crippen LogP contribution is 2.23. The summed E-state index contributed by atoms with van der Waals surface area (Å²) < 4.78 is 2.07. The summed E-state index contributed by atoms with van der Waals surface area (Å²) in [5.74, 6) is 0.251. The number of anilines is 1. The normalized spacial score (nSPS) is 15.2. The summed E-state index contributed by atoms with van der Waals surface area (Å²) >= 11 is 2.59. The molecule has 13 heteroatoms. The average molecular weight is 383 g/mol. The fourth-order valence-electron chi connectivity index (χ4n) is 2.40. The number of nitrogen functional groups attached to an aromatic ring is 1. The van der Waals surface area contributed by atoms with Crippen molar-refractivity contribution < 1.29 is 9.59 Å². The number of aromatic nitrogens is 6. The van der Waals surface area contributed by atoms with Crippen LogP contribution >= 0.6 is 23.1 Å². The molecular formula is C12H17N9O2S2. The second-order valence-electron chi connectivity index (χ2n) is 5.32. The lowest BCUT2D eigenvalue weighted by Crippen LogP contribution is -2.39. The van der Waals surface area contributed by atoms with E-state index < -0.39 is 0 Å². The van der Waals surface area contributed by atoms with Crippen LogP contribution in [0.3, 0.4) is 0 Å². The standard InChI is InChI=1S/C12H17N9O2S2/c13-11-15-16-12(25-11)24-7-10(23)20-3-1-2-19(4-5-20)9(22)6-21-8-14-17-18-21/h8H,1-7H2,(H2,13,15). The molecule has 134 valence electrons. The van der Waals surface area contributed by atoms with E-state index in [0.717, 1.165) is 6.42 Å². The summed E-state index contributed by atoms with van der Waals surface area (Å²) in [6.45, 7) is 2.37. The third-order valence-corrected chi connectivity index (χ3v) is 5.50. The van der Waals surface area contributed by atoms with Crippen LogP contribution in [0, 0.1) is 0 Å². The van der Waals surface area contributed by atoms with Gasteiger partial charge in [0, 0.05) is 26.2 Å². The smallest absolute Gasteiger partial charge is 0.244 e. The van der Waals surface area contributed by atoms with Gasteiger partial charge in [0.15, 0.2) is 4.34 Å². The Balaban J connectivity index is 1.47. The fraction of sp³-hybridized carbons (Fsp3) is 0.583. The molecule has 11 nitrogen and oxygen atoms in total. The van der Waals surface area contributed by atoms with Crippen molar-refractivity contribution in [2.24, 2.45) is 0 Å². The number of nitrogens with two attached hydrogens (primary N) is 1. The molecule has 0 bridgehead atoms. The average Bonchev–Trinajstić information content (AvgIpc) is 3.18. The molecule has 3 rings (SSSR count). The predicted octanol–water partition coefficient (Wildman–Crippen LogP) is -1.04. The molecule has 0 aliphatic carbocycles. The number of tetrazole rings is 1. The molecule has 0 radical (unpaired) electrons. The van der Waals surface area contributed by atoms with Gasteiger partial charge in [0.1, 0.15) is 12.9 Å². The maximum atomic E-state index is 12.4. The molecule has 1 fully saturated rings. The molecule has 2 aromatic rings. The first kappa shape index (κ1) is 17.5. The van der Waals surface area contributed by atoms with Crippen molar-refractivity contribution in [3.05, 3.63) is 6.33 Å². The Morgan fingerprint density at radius 3 is 2.56 bits per heavy atom. The lowest BCUT2D eigenvalue weighted by atomic mass is 10.3.